The molecule has 10 nitrogen and oxygen atoms in total. The summed E-state index contributed by atoms with van der Waals surface area (Å²) < 4.78 is 38.2. The van der Waals surface area contributed by atoms with E-state index in [1.54, 1.807) is 11.0 Å². The Morgan fingerprint density at radius 3 is 2.67 bits per heavy atom. The van der Waals surface area contributed by atoms with Gasteiger partial charge in [-0.05, 0) is 56.5 Å². The lowest BCUT2D eigenvalue weighted by atomic mass is 9.95. The van der Waals surface area contributed by atoms with Crippen molar-refractivity contribution >= 4 is 61.2 Å². The van der Waals surface area contributed by atoms with Gasteiger partial charge in [-0.3, -0.25) is 9.69 Å². The van der Waals surface area contributed by atoms with Gasteiger partial charge in [0.1, 0.15) is 34.8 Å². The number of halogens is 3. The molecule has 0 spiro atoms. The van der Waals surface area contributed by atoms with E-state index in [9.17, 15) is 19.7 Å². The maximum Gasteiger partial charge on any atom is 0.319 e. The SMILES string of the molecule is N#CCC1CN(c2nc(OCC34CCCN3CCC4)nc3c(F)c(-c4ccc(F)c5sc(N)c(C#N)c45)c(Cl)cc23)CCN1C=O. The Morgan fingerprint density at radius 2 is 1.96 bits per heavy atom. The third kappa shape index (κ3) is 4.85. The van der Waals surface area contributed by atoms with Gasteiger partial charge in [0.25, 0.3) is 0 Å². The predicted octanol–water partition coefficient (Wildman–Crippen LogP) is 5.46. The van der Waals surface area contributed by atoms with Gasteiger partial charge >= 0.3 is 6.01 Å². The number of piperazine rings is 1. The van der Waals surface area contributed by atoms with Gasteiger partial charge in [0.05, 0.1) is 39.4 Å². The molecular weight excluding hydrogens is 634 g/mol. The number of amides is 1. The van der Waals surface area contributed by atoms with Crippen molar-refractivity contribution in [1.29, 1.82) is 10.5 Å². The van der Waals surface area contributed by atoms with Gasteiger partial charge in [-0.2, -0.15) is 20.5 Å². The Balaban J connectivity index is 1.39. The lowest BCUT2D eigenvalue weighted by Crippen LogP contribution is -2.52. The number of ether oxygens (including phenoxy) is 1. The van der Waals surface area contributed by atoms with Crippen LogP contribution in [0.5, 0.6) is 6.01 Å². The molecule has 7 rings (SSSR count). The van der Waals surface area contributed by atoms with Gasteiger partial charge in [0.15, 0.2) is 5.82 Å². The predicted molar refractivity (Wildman–Crippen MR) is 172 cm³/mol. The van der Waals surface area contributed by atoms with Crippen LogP contribution in [0.2, 0.25) is 5.02 Å². The summed E-state index contributed by atoms with van der Waals surface area (Å²) >= 11 is 7.73. The van der Waals surface area contributed by atoms with E-state index in [0.717, 1.165) is 56.5 Å². The van der Waals surface area contributed by atoms with Gasteiger partial charge in [0.2, 0.25) is 6.41 Å². The van der Waals surface area contributed by atoms with Crippen LogP contribution in [0.15, 0.2) is 18.2 Å². The third-order valence-corrected chi connectivity index (χ3v) is 10.9. The number of rotatable bonds is 7. The first-order valence-corrected chi connectivity index (χ1v) is 16.3. The van der Waals surface area contributed by atoms with Crippen LogP contribution in [0.25, 0.3) is 32.1 Å². The van der Waals surface area contributed by atoms with Crippen molar-refractivity contribution in [2.45, 2.75) is 43.7 Å². The molecule has 2 aromatic carbocycles. The number of benzene rings is 2. The van der Waals surface area contributed by atoms with Crippen molar-refractivity contribution in [1.82, 2.24) is 19.8 Å². The first-order chi connectivity index (χ1) is 22.3. The summed E-state index contributed by atoms with van der Waals surface area (Å²) in [6.45, 7) is 3.38. The van der Waals surface area contributed by atoms with Crippen molar-refractivity contribution in [3.05, 3.63) is 40.4 Å². The third-order valence-electron chi connectivity index (χ3n) is 9.61. The summed E-state index contributed by atoms with van der Waals surface area (Å²) in [7, 11) is 0. The molecule has 3 saturated heterocycles. The maximum atomic E-state index is 16.9. The summed E-state index contributed by atoms with van der Waals surface area (Å²) in [6, 6.07) is 7.92. The Bertz CT molecular complexity index is 1960. The molecule has 0 aliphatic carbocycles. The van der Waals surface area contributed by atoms with Gasteiger partial charge in [-0.25, -0.2) is 8.78 Å². The van der Waals surface area contributed by atoms with Crippen LogP contribution in [0.4, 0.5) is 19.6 Å². The number of thiophene rings is 1. The highest BCUT2D eigenvalue weighted by Crippen LogP contribution is 2.46. The minimum absolute atomic E-state index is 0.000748. The zero-order valence-corrected chi connectivity index (χ0v) is 26.3. The highest BCUT2D eigenvalue weighted by Gasteiger charge is 2.45. The molecule has 0 bridgehead atoms. The lowest BCUT2D eigenvalue weighted by Gasteiger charge is -2.39. The topological polar surface area (TPSA) is 135 Å². The number of anilines is 2. The molecule has 1 atom stereocenters. The molecule has 46 heavy (non-hydrogen) atoms. The molecule has 2 aromatic heterocycles. The van der Waals surface area contributed by atoms with Gasteiger partial charge < -0.3 is 20.3 Å². The van der Waals surface area contributed by atoms with E-state index in [0.29, 0.717) is 30.9 Å². The monoisotopic (exact) mass is 662 g/mol. The minimum Gasteiger partial charge on any atom is -0.461 e. The average Bonchev–Trinajstić information content (AvgIpc) is 3.73. The van der Waals surface area contributed by atoms with Crippen LogP contribution in [-0.4, -0.2) is 77.1 Å². The largest absolute Gasteiger partial charge is 0.461 e. The molecule has 3 aliphatic rings. The van der Waals surface area contributed by atoms with E-state index in [2.05, 4.69) is 16.0 Å². The van der Waals surface area contributed by atoms with Crippen LogP contribution in [0, 0.1) is 34.3 Å². The molecule has 14 heteroatoms. The van der Waals surface area contributed by atoms with Crippen LogP contribution in [0.1, 0.15) is 37.7 Å². The second-order valence-corrected chi connectivity index (χ2v) is 13.5. The zero-order valence-electron chi connectivity index (χ0n) is 24.7. The van der Waals surface area contributed by atoms with Crippen molar-refractivity contribution in [3.63, 3.8) is 0 Å². The number of aromatic nitrogens is 2. The van der Waals surface area contributed by atoms with Gasteiger partial charge in [-0.15, -0.1) is 11.3 Å². The second-order valence-electron chi connectivity index (χ2n) is 12.0. The Hall–Kier alpha value is -4.30. The fourth-order valence-corrected chi connectivity index (χ4v) is 8.61. The lowest BCUT2D eigenvalue weighted by molar-refractivity contribution is -0.120. The number of nitrogens with two attached hydrogens (primary N) is 1. The first-order valence-electron chi connectivity index (χ1n) is 15.1. The van der Waals surface area contributed by atoms with Crippen LogP contribution in [-0.2, 0) is 4.79 Å². The van der Waals surface area contributed by atoms with Crippen molar-refractivity contribution < 1.29 is 18.3 Å². The fourth-order valence-electron chi connectivity index (χ4n) is 7.37. The number of nitrogens with zero attached hydrogens (tertiary/aromatic N) is 7. The number of carbonyl (C=O) groups excluding carboxylic acids is 1. The van der Waals surface area contributed by atoms with Crippen molar-refractivity contribution in [2.24, 2.45) is 0 Å². The number of hydrogen-bond donors (Lipinski definition) is 1. The molecule has 1 amide bonds. The van der Waals surface area contributed by atoms with Crippen LogP contribution in [0.3, 0.4) is 0 Å². The number of hydrogen-bond acceptors (Lipinski definition) is 10. The van der Waals surface area contributed by atoms with E-state index in [4.69, 9.17) is 27.1 Å². The number of nitriles is 2. The number of nitrogen functional groups attached to an aromatic ring is 1. The molecule has 0 radical (unpaired) electrons. The Morgan fingerprint density at radius 1 is 1.17 bits per heavy atom. The Labute approximate surface area is 272 Å². The quantitative estimate of drug-likeness (QED) is 0.256. The summed E-state index contributed by atoms with van der Waals surface area (Å²) in [4.78, 5) is 27.0. The molecule has 5 heterocycles. The number of carbonyl (C=O) groups is 1. The average molecular weight is 663 g/mol. The molecular formula is C32H29ClF2N8O2S. The van der Waals surface area contributed by atoms with E-state index in [1.807, 2.05) is 11.0 Å². The van der Waals surface area contributed by atoms with E-state index in [-0.39, 0.29) is 66.8 Å². The van der Waals surface area contributed by atoms with E-state index < -0.39 is 17.7 Å². The fraction of sp³-hybridized carbons (Fsp3) is 0.406. The minimum atomic E-state index is -0.779. The summed E-state index contributed by atoms with van der Waals surface area (Å²) in [5, 5.41) is 19.9. The van der Waals surface area contributed by atoms with Crippen LogP contribution >= 0.6 is 22.9 Å². The smallest absolute Gasteiger partial charge is 0.319 e. The highest BCUT2D eigenvalue weighted by atomic mass is 35.5. The molecule has 1 unspecified atom stereocenters. The van der Waals surface area contributed by atoms with E-state index >= 15 is 4.39 Å². The van der Waals surface area contributed by atoms with Crippen molar-refractivity contribution in [2.75, 3.05) is 50.0 Å². The standard InChI is InChI=1S/C32H29ClF2N8O2S/c33-22-13-20-27(26(35)25(22)19-3-4-23(34)28-24(19)21(14-37)29(38)46-28)39-31(45-16-32-6-1-9-43(32)10-2-7-32)40-30(20)41-11-12-42(17-44)18(15-41)5-8-36/h3-4,13,17-18H,1-2,5-7,9-12,15-16,38H2. The van der Waals surface area contributed by atoms with Crippen LogP contribution < -0.4 is 15.4 Å². The Kier molecular flexibility index (Phi) is 7.79. The van der Waals surface area contributed by atoms with Gasteiger partial charge in [-0.1, -0.05) is 17.7 Å². The molecule has 0 saturated carbocycles. The summed E-state index contributed by atoms with van der Waals surface area (Å²) in [5.41, 5.74) is 6.10. The number of fused-ring (bicyclic) bond motifs is 3. The zero-order chi connectivity index (χ0) is 32.2. The van der Waals surface area contributed by atoms with Gasteiger partial charge in [0, 0.05) is 36.0 Å². The van der Waals surface area contributed by atoms with Crippen molar-refractivity contribution in [3.8, 4) is 29.3 Å². The normalized spacial score (nSPS) is 19.4. The summed E-state index contributed by atoms with van der Waals surface area (Å²) in [5.74, 6) is -0.989. The maximum absolute atomic E-state index is 16.9. The molecule has 2 N–H and O–H groups in total. The summed E-state index contributed by atoms with van der Waals surface area (Å²) in [6.07, 6.45) is 5.00. The molecule has 3 fully saturated rings. The highest BCUT2D eigenvalue weighted by molar-refractivity contribution is 7.23. The molecule has 236 valence electrons. The molecule has 3 aliphatic heterocycles. The molecule has 4 aromatic rings. The first kappa shape index (κ1) is 30.4. The second kappa shape index (κ2) is 11.8. The van der Waals surface area contributed by atoms with E-state index in [1.165, 1.54) is 12.1 Å².